The van der Waals surface area contributed by atoms with Crippen molar-refractivity contribution in [1.29, 1.82) is 0 Å². The number of benzene rings is 1. The molecule has 0 heterocycles. The van der Waals surface area contributed by atoms with Gasteiger partial charge in [0.15, 0.2) is 0 Å². The third-order valence-corrected chi connectivity index (χ3v) is 4.42. The molecule has 0 amide bonds. The summed E-state index contributed by atoms with van der Waals surface area (Å²) in [5, 5.41) is 9.87. The highest BCUT2D eigenvalue weighted by Crippen LogP contribution is 2.44. The molecule has 1 aliphatic rings. The van der Waals surface area contributed by atoms with Crippen LogP contribution in [-0.2, 0) is 16.8 Å². The summed E-state index contributed by atoms with van der Waals surface area (Å²) < 4.78 is 5.62. The van der Waals surface area contributed by atoms with Crippen molar-refractivity contribution in [2.24, 2.45) is 0 Å². The van der Waals surface area contributed by atoms with Crippen LogP contribution in [-0.4, -0.2) is 37.2 Å². The van der Waals surface area contributed by atoms with Gasteiger partial charge in [0.1, 0.15) is 5.75 Å². The number of carboxylic acid groups (broad SMARTS) is 1. The first-order chi connectivity index (χ1) is 10.0. The summed E-state index contributed by atoms with van der Waals surface area (Å²) in [5.41, 5.74) is 1.11. The first kappa shape index (κ1) is 15.8. The number of rotatable bonds is 5. The number of ether oxygens (including phenoxy) is 1. The second-order valence-corrected chi connectivity index (χ2v) is 6.18. The zero-order chi connectivity index (χ0) is 15.5. The van der Waals surface area contributed by atoms with Gasteiger partial charge >= 0.3 is 5.97 Å². The van der Waals surface area contributed by atoms with Crippen molar-refractivity contribution in [3.63, 3.8) is 0 Å². The van der Waals surface area contributed by atoms with Gasteiger partial charge in [-0.1, -0.05) is 37.5 Å². The second-order valence-electron chi connectivity index (χ2n) is 6.18. The van der Waals surface area contributed by atoms with Crippen molar-refractivity contribution in [3.8, 4) is 5.75 Å². The highest BCUT2D eigenvalue weighted by molar-refractivity contribution is 5.83. The summed E-state index contributed by atoms with van der Waals surface area (Å²) >= 11 is 0. The smallest absolute Gasteiger partial charge is 0.314 e. The Bertz CT molecular complexity index is 505. The topological polar surface area (TPSA) is 49.8 Å². The van der Waals surface area contributed by atoms with Crippen LogP contribution in [0.1, 0.15) is 43.2 Å². The standard InChI is InChI=1S/C17H25NO3/c1-18(2)12-13-8-7-9-14(15(13)21-3)17(16(19)20)10-5-4-6-11-17/h7-9H,4-6,10-12H2,1-3H3,(H,19,20). The Balaban J connectivity index is 2.52. The normalized spacial score (nSPS) is 17.7. The van der Waals surface area contributed by atoms with Crippen LogP contribution < -0.4 is 4.74 Å². The number of hydrogen-bond acceptors (Lipinski definition) is 3. The van der Waals surface area contributed by atoms with Crippen molar-refractivity contribution in [2.45, 2.75) is 44.1 Å². The summed E-state index contributed by atoms with van der Waals surface area (Å²) in [6.07, 6.45) is 4.45. The summed E-state index contributed by atoms with van der Waals surface area (Å²) in [5.74, 6) is 0.0259. The van der Waals surface area contributed by atoms with Gasteiger partial charge in [0, 0.05) is 17.7 Å². The zero-order valence-corrected chi connectivity index (χ0v) is 13.2. The molecule has 1 aliphatic carbocycles. The Morgan fingerprint density at radius 1 is 1.29 bits per heavy atom. The Kier molecular flexibility index (Phi) is 4.88. The summed E-state index contributed by atoms with van der Waals surface area (Å²) in [4.78, 5) is 14.1. The van der Waals surface area contributed by atoms with E-state index in [2.05, 4.69) is 4.90 Å². The summed E-state index contributed by atoms with van der Waals surface area (Å²) in [6.45, 7) is 0.743. The summed E-state index contributed by atoms with van der Waals surface area (Å²) in [6, 6.07) is 5.90. The Morgan fingerprint density at radius 3 is 2.48 bits per heavy atom. The van der Waals surface area contributed by atoms with Crippen molar-refractivity contribution in [2.75, 3.05) is 21.2 Å². The number of hydrogen-bond donors (Lipinski definition) is 1. The molecule has 1 fully saturated rings. The SMILES string of the molecule is COc1c(CN(C)C)cccc1C1(C(=O)O)CCCCC1. The van der Waals surface area contributed by atoms with Crippen molar-refractivity contribution in [1.82, 2.24) is 4.90 Å². The van der Waals surface area contributed by atoms with Crippen LogP contribution in [0.4, 0.5) is 0 Å². The minimum atomic E-state index is -0.786. The van der Waals surface area contributed by atoms with Gasteiger partial charge in [0.25, 0.3) is 0 Å². The monoisotopic (exact) mass is 291 g/mol. The lowest BCUT2D eigenvalue weighted by atomic mass is 9.69. The number of para-hydroxylation sites is 1. The number of carbonyl (C=O) groups is 1. The molecule has 1 N–H and O–H groups in total. The molecule has 0 spiro atoms. The molecule has 0 saturated heterocycles. The first-order valence-electron chi connectivity index (χ1n) is 7.56. The lowest BCUT2D eigenvalue weighted by molar-refractivity contribution is -0.145. The van der Waals surface area contributed by atoms with E-state index >= 15 is 0 Å². The van der Waals surface area contributed by atoms with E-state index in [-0.39, 0.29) is 0 Å². The molecule has 1 aromatic rings. The third-order valence-electron chi connectivity index (χ3n) is 4.42. The number of methoxy groups -OCH3 is 1. The predicted molar refractivity (Wildman–Crippen MR) is 82.8 cm³/mol. The molecule has 1 saturated carbocycles. The van der Waals surface area contributed by atoms with E-state index in [0.717, 1.165) is 42.7 Å². The van der Waals surface area contributed by atoms with Gasteiger partial charge in [-0.3, -0.25) is 4.79 Å². The molecular formula is C17H25NO3. The molecular weight excluding hydrogens is 266 g/mol. The second kappa shape index (κ2) is 6.48. The predicted octanol–water partition coefficient (Wildman–Crippen LogP) is 3.04. The van der Waals surface area contributed by atoms with Gasteiger partial charge < -0.3 is 14.7 Å². The van der Waals surface area contributed by atoms with Crippen LogP contribution in [0.5, 0.6) is 5.75 Å². The molecule has 0 aliphatic heterocycles. The van der Waals surface area contributed by atoms with Crippen LogP contribution in [0, 0.1) is 0 Å². The lowest BCUT2D eigenvalue weighted by Gasteiger charge is -2.35. The molecule has 0 bridgehead atoms. The van der Waals surface area contributed by atoms with Crippen molar-refractivity contribution >= 4 is 5.97 Å². The number of aliphatic carboxylic acids is 1. The molecule has 4 heteroatoms. The largest absolute Gasteiger partial charge is 0.496 e. The van der Waals surface area contributed by atoms with E-state index in [9.17, 15) is 9.90 Å². The van der Waals surface area contributed by atoms with Gasteiger partial charge in [0.05, 0.1) is 12.5 Å². The molecule has 0 aromatic heterocycles. The highest BCUT2D eigenvalue weighted by Gasteiger charge is 2.43. The van der Waals surface area contributed by atoms with Crippen molar-refractivity contribution in [3.05, 3.63) is 29.3 Å². The lowest BCUT2D eigenvalue weighted by Crippen LogP contribution is -2.38. The van der Waals surface area contributed by atoms with Gasteiger partial charge in [0.2, 0.25) is 0 Å². The number of carboxylic acids is 1. The molecule has 1 aromatic carbocycles. The fourth-order valence-corrected chi connectivity index (χ4v) is 3.42. The van der Waals surface area contributed by atoms with Crippen LogP contribution in [0.2, 0.25) is 0 Å². The quantitative estimate of drug-likeness (QED) is 0.906. The van der Waals surface area contributed by atoms with E-state index in [1.54, 1.807) is 7.11 Å². The zero-order valence-electron chi connectivity index (χ0n) is 13.2. The summed E-state index contributed by atoms with van der Waals surface area (Å²) in [7, 11) is 5.63. The van der Waals surface area contributed by atoms with E-state index in [4.69, 9.17) is 4.74 Å². The Hall–Kier alpha value is -1.55. The Morgan fingerprint density at radius 2 is 1.95 bits per heavy atom. The maximum absolute atomic E-state index is 12.0. The number of nitrogens with zero attached hydrogens (tertiary/aromatic N) is 1. The maximum atomic E-state index is 12.0. The molecule has 0 atom stereocenters. The molecule has 4 nitrogen and oxygen atoms in total. The molecule has 21 heavy (non-hydrogen) atoms. The minimum absolute atomic E-state index is 0.699. The van der Waals surface area contributed by atoms with E-state index < -0.39 is 11.4 Å². The Labute approximate surface area is 126 Å². The first-order valence-corrected chi connectivity index (χ1v) is 7.56. The molecule has 0 unspecified atom stereocenters. The van der Waals surface area contributed by atoms with Gasteiger partial charge in [-0.05, 0) is 26.9 Å². The molecule has 2 rings (SSSR count). The van der Waals surface area contributed by atoms with E-state index in [0.29, 0.717) is 12.8 Å². The highest BCUT2D eigenvalue weighted by atomic mass is 16.5. The van der Waals surface area contributed by atoms with E-state index in [1.165, 1.54) is 0 Å². The fourth-order valence-electron chi connectivity index (χ4n) is 3.42. The van der Waals surface area contributed by atoms with Gasteiger partial charge in [-0.25, -0.2) is 0 Å². The van der Waals surface area contributed by atoms with Crippen molar-refractivity contribution < 1.29 is 14.6 Å². The third kappa shape index (κ3) is 3.05. The van der Waals surface area contributed by atoms with E-state index in [1.807, 2.05) is 32.3 Å². The molecule has 0 radical (unpaired) electrons. The van der Waals surface area contributed by atoms with Crippen LogP contribution >= 0.6 is 0 Å². The average Bonchev–Trinajstić information content (AvgIpc) is 2.47. The fraction of sp³-hybridized carbons (Fsp3) is 0.588. The van der Waals surface area contributed by atoms with Gasteiger partial charge in [-0.2, -0.15) is 0 Å². The van der Waals surface area contributed by atoms with Crippen LogP contribution in [0.25, 0.3) is 0 Å². The maximum Gasteiger partial charge on any atom is 0.314 e. The average molecular weight is 291 g/mol. The minimum Gasteiger partial charge on any atom is -0.496 e. The molecule has 116 valence electrons. The van der Waals surface area contributed by atoms with Crippen LogP contribution in [0.3, 0.4) is 0 Å². The van der Waals surface area contributed by atoms with Crippen LogP contribution in [0.15, 0.2) is 18.2 Å². The van der Waals surface area contributed by atoms with Gasteiger partial charge in [-0.15, -0.1) is 0 Å².